The van der Waals surface area contributed by atoms with Gasteiger partial charge in [0.1, 0.15) is 0 Å². The van der Waals surface area contributed by atoms with E-state index in [1.54, 1.807) is 0 Å². The van der Waals surface area contributed by atoms with Crippen molar-refractivity contribution in [2.45, 2.75) is 24.7 Å². The Balaban J connectivity index is 0.996. The molecular formula is C68H47N. The van der Waals surface area contributed by atoms with Crippen LogP contribution in [0.25, 0.3) is 77.5 Å². The zero-order chi connectivity index (χ0) is 45.8. The molecule has 0 unspecified atom stereocenters. The van der Waals surface area contributed by atoms with Crippen LogP contribution in [0.15, 0.2) is 249 Å². The van der Waals surface area contributed by atoms with E-state index in [0.717, 1.165) is 17.1 Å². The summed E-state index contributed by atoms with van der Waals surface area (Å²) in [4.78, 5) is 2.46. The largest absolute Gasteiger partial charge is 0.310 e. The van der Waals surface area contributed by atoms with Crippen molar-refractivity contribution < 1.29 is 0 Å². The lowest BCUT2D eigenvalue weighted by Gasteiger charge is -2.32. The van der Waals surface area contributed by atoms with Crippen molar-refractivity contribution in [2.24, 2.45) is 0 Å². The second-order valence-corrected chi connectivity index (χ2v) is 19.5. The van der Waals surface area contributed by atoms with E-state index in [1.165, 1.54) is 111 Å². The van der Waals surface area contributed by atoms with Crippen LogP contribution in [0.5, 0.6) is 0 Å². The molecule has 1 nitrogen and oxygen atoms in total. The van der Waals surface area contributed by atoms with E-state index in [1.807, 2.05) is 0 Å². The van der Waals surface area contributed by atoms with E-state index >= 15 is 0 Å². The lowest BCUT2D eigenvalue weighted by Crippen LogP contribution is -2.26. The number of hydrogen-bond acceptors (Lipinski definition) is 1. The lowest BCUT2D eigenvalue weighted by atomic mass is 9.70. The van der Waals surface area contributed by atoms with Gasteiger partial charge in [0.2, 0.25) is 0 Å². The highest BCUT2D eigenvalue weighted by Gasteiger charge is 2.51. The van der Waals surface area contributed by atoms with Crippen LogP contribution in [-0.4, -0.2) is 0 Å². The van der Waals surface area contributed by atoms with Gasteiger partial charge in [-0.1, -0.05) is 226 Å². The number of rotatable bonds is 6. The van der Waals surface area contributed by atoms with Crippen LogP contribution in [-0.2, 0) is 10.8 Å². The van der Waals surface area contributed by atoms with Crippen LogP contribution in [0.1, 0.15) is 47.2 Å². The van der Waals surface area contributed by atoms with Gasteiger partial charge in [-0.05, 0) is 147 Å². The average molecular weight is 878 g/mol. The maximum Gasteiger partial charge on any atom is 0.0726 e. The minimum Gasteiger partial charge on any atom is -0.310 e. The van der Waals surface area contributed by atoms with Crippen molar-refractivity contribution in [2.75, 3.05) is 4.90 Å². The average Bonchev–Trinajstić information content (AvgIpc) is 3.97. The predicted octanol–water partition coefficient (Wildman–Crippen LogP) is 18.0. The van der Waals surface area contributed by atoms with Crippen molar-refractivity contribution >= 4 is 27.8 Å². The van der Waals surface area contributed by atoms with Gasteiger partial charge in [-0.3, -0.25) is 0 Å². The molecule has 1 spiro atoms. The fourth-order valence-corrected chi connectivity index (χ4v) is 12.8. The fourth-order valence-electron chi connectivity index (χ4n) is 12.8. The standard InChI is InChI=1S/C68H47N/c1-67(2)58-29-15-14-28-57(58)65-64(63(46-21-7-4-8-22-46)55-26-9-10-27-56(55)66(65)67)47-35-39-49(40-36-47)69(48-37-33-45(34-38-48)44-19-5-3-6-20-44)50-41-42-54-53-25-13-18-32-61(53)68(62(54)43-50)59-30-16-11-23-51(59)52-24-12-17-31-60(52)68/h3-43H,1-2H3. The van der Waals surface area contributed by atoms with Gasteiger partial charge in [0.15, 0.2) is 0 Å². The first-order valence-electron chi connectivity index (χ1n) is 24.3. The van der Waals surface area contributed by atoms with Gasteiger partial charge < -0.3 is 4.90 Å². The molecule has 69 heavy (non-hydrogen) atoms. The zero-order valence-electron chi connectivity index (χ0n) is 38.6. The first kappa shape index (κ1) is 39.6. The van der Waals surface area contributed by atoms with Crippen molar-refractivity contribution in [3.8, 4) is 66.8 Å². The Kier molecular flexibility index (Phi) is 8.61. The highest BCUT2D eigenvalue weighted by atomic mass is 15.1. The molecule has 0 N–H and O–H groups in total. The fraction of sp³-hybridized carbons (Fsp3) is 0.0588. The molecule has 0 saturated carbocycles. The first-order valence-corrected chi connectivity index (χ1v) is 24.3. The van der Waals surface area contributed by atoms with Crippen LogP contribution in [0, 0.1) is 0 Å². The van der Waals surface area contributed by atoms with Gasteiger partial charge in [0, 0.05) is 22.5 Å². The van der Waals surface area contributed by atoms with Crippen LogP contribution in [0.4, 0.5) is 17.1 Å². The second-order valence-electron chi connectivity index (χ2n) is 19.5. The molecule has 11 aromatic rings. The first-order chi connectivity index (χ1) is 34.0. The highest BCUT2D eigenvalue weighted by molar-refractivity contribution is 6.14. The molecule has 0 heterocycles. The third kappa shape index (κ3) is 5.59. The molecule has 0 aliphatic heterocycles. The van der Waals surface area contributed by atoms with E-state index in [2.05, 4.69) is 267 Å². The van der Waals surface area contributed by atoms with Crippen LogP contribution < -0.4 is 4.90 Å². The summed E-state index contributed by atoms with van der Waals surface area (Å²) in [6, 6.07) is 92.9. The molecule has 0 radical (unpaired) electrons. The summed E-state index contributed by atoms with van der Waals surface area (Å²) in [5, 5.41) is 2.60. The molecule has 11 aromatic carbocycles. The molecule has 1 heteroatoms. The Hall–Kier alpha value is -8.52. The number of benzene rings is 11. The summed E-state index contributed by atoms with van der Waals surface area (Å²) in [7, 11) is 0. The molecule has 0 bridgehead atoms. The molecule has 324 valence electrons. The number of hydrogen-bond donors (Lipinski definition) is 0. The van der Waals surface area contributed by atoms with E-state index in [4.69, 9.17) is 0 Å². The van der Waals surface area contributed by atoms with E-state index in [-0.39, 0.29) is 5.41 Å². The summed E-state index contributed by atoms with van der Waals surface area (Å²) in [6.07, 6.45) is 0. The molecular weight excluding hydrogens is 831 g/mol. The molecule has 0 amide bonds. The van der Waals surface area contributed by atoms with Crippen LogP contribution in [0.2, 0.25) is 0 Å². The summed E-state index contributed by atoms with van der Waals surface area (Å²) in [5.74, 6) is 0. The summed E-state index contributed by atoms with van der Waals surface area (Å²) >= 11 is 0. The van der Waals surface area contributed by atoms with Gasteiger partial charge in [-0.15, -0.1) is 0 Å². The molecule has 3 aliphatic rings. The monoisotopic (exact) mass is 877 g/mol. The third-order valence-electron chi connectivity index (χ3n) is 15.7. The summed E-state index contributed by atoms with van der Waals surface area (Å²) in [5.41, 5.74) is 26.1. The maximum atomic E-state index is 2.50. The number of nitrogens with zero attached hydrogens (tertiary/aromatic N) is 1. The molecule has 0 saturated heterocycles. The molecule has 0 aromatic heterocycles. The zero-order valence-corrected chi connectivity index (χ0v) is 38.6. The van der Waals surface area contributed by atoms with E-state index in [9.17, 15) is 0 Å². The van der Waals surface area contributed by atoms with Gasteiger partial charge in [-0.2, -0.15) is 0 Å². The molecule has 14 rings (SSSR count). The third-order valence-corrected chi connectivity index (χ3v) is 15.7. The number of anilines is 3. The highest BCUT2D eigenvalue weighted by Crippen LogP contribution is 2.64. The SMILES string of the molecule is CC1(C)c2ccccc2-c2c(-c3ccc(N(c4ccc(-c5ccccc5)cc4)c4ccc5c(c4)C4(c6ccccc6-c6ccccc64)c4ccccc4-5)cc3)c(-c3ccccc3)c3ccccc3c21. The minimum absolute atomic E-state index is 0.177. The van der Waals surface area contributed by atoms with Gasteiger partial charge in [0.05, 0.1) is 5.41 Å². The van der Waals surface area contributed by atoms with Gasteiger partial charge >= 0.3 is 0 Å². The van der Waals surface area contributed by atoms with Crippen molar-refractivity contribution in [3.05, 3.63) is 282 Å². The number of fused-ring (bicyclic) bond motifs is 15. The molecule has 0 fully saturated rings. The van der Waals surface area contributed by atoms with E-state index < -0.39 is 5.41 Å². The molecule has 0 atom stereocenters. The maximum absolute atomic E-state index is 2.50. The van der Waals surface area contributed by atoms with Gasteiger partial charge in [-0.25, -0.2) is 0 Å². The summed E-state index contributed by atoms with van der Waals surface area (Å²) < 4.78 is 0. The minimum atomic E-state index is -0.448. The van der Waals surface area contributed by atoms with Crippen molar-refractivity contribution in [3.63, 3.8) is 0 Å². The summed E-state index contributed by atoms with van der Waals surface area (Å²) in [6.45, 7) is 4.81. The lowest BCUT2D eigenvalue weighted by molar-refractivity contribution is 0.666. The quantitative estimate of drug-likeness (QED) is 0.161. The smallest absolute Gasteiger partial charge is 0.0726 e. The second kappa shape index (κ2) is 15.0. The van der Waals surface area contributed by atoms with Crippen molar-refractivity contribution in [1.29, 1.82) is 0 Å². The Morgan fingerprint density at radius 1 is 0.275 bits per heavy atom. The Bertz CT molecular complexity index is 3780. The molecule has 3 aliphatic carbocycles. The van der Waals surface area contributed by atoms with Gasteiger partial charge in [0.25, 0.3) is 0 Å². The Labute approximate surface area is 404 Å². The normalized spacial score (nSPS) is 13.9. The van der Waals surface area contributed by atoms with Crippen molar-refractivity contribution in [1.82, 2.24) is 0 Å². The Morgan fingerprint density at radius 2 is 0.681 bits per heavy atom. The topological polar surface area (TPSA) is 3.24 Å². The van der Waals surface area contributed by atoms with Crippen LogP contribution >= 0.6 is 0 Å². The Morgan fingerprint density at radius 3 is 1.26 bits per heavy atom. The van der Waals surface area contributed by atoms with E-state index in [0.29, 0.717) is 0 Å². The predicted molar refractivity (Wildman–Crippen MR) is 289 cm³/mol. The van der Waals surface area contributed by atoms with Crippen LogP contribution in [0.3, 0.4) is 0 Å².